The van der Waals surface area contributed by atoms with E-state index in [1.807, 2.05) is 0 Å². The van der Waals surface area contributed by atoms with Crippen LogP contribution in [-0.4, -0.2) is 11.1 Å². The van der Waals surface area contributed by atoms with Crippen LogP contribution in [0, 0.1) is 0 Å². The minimum atomic E-state index is -1.29. The maximum absolute atomic E-state index is 11.1. The summed E-state index contributed by atoms with van der Waals surface area (Å²) in [5.41, 5.74) is -2.09. The summed E-state index contributed by atoms with van der Waals surface area (Å²) in [7, 11) is 0. The van der Waals surface area contributed by atoms with Gasteiger partial charge in [0, 0.05) is 0 Å². The summed E-state index contributed by atoms with van der Waals surface area (Å²) in [6, 6.07) is 0. The minimum absolute atomic E-state index is 0.802. The first-order valence-electron chi connectivity index (χ1n) is 2.22. The molecule has 0 aromatic heterocycles. The van der Waals surface area contributed by atoms with Gasteiger partial charge in [0.2, 0.25) is 0 Å². The topological polar surface area (TPSA) is 12.5 Å². The van der Waals surface area contributed by atoms with Gasteiger partial charge in [-0.15, -0.1) is 0 Å². The van der Waals surface area contributed by atoms with Crippen LogP contribution in [0.2, 0.25) is 0 Å². The zero-order valence-corrected chi connectivity index (χ0v) is 5.11. The van der Waals surface area contributed by atoms with Crippen LogP contribution in [0.25, 0.3) is 0 Å². The first-order valence-corrected chi connectivity index (χ1v) is 2.22. The van der Waals surface area contributed by atoms with Gasteiger partial charge in [0.15, 0.2) is 5.51 Å². The third-order valence-corrected chi connectivity index (χ3v) is 0.343. The largest absolute Gasteiger partial charge is 0.237 e. The van der Waals surface area contributed by atoms with E-state index in [0.29, 0.717) is 0 Å². The molecule has 8 heavy (non-hydrogen) atoms. The summed E-state index contributed by atoms with van der Waals surface area (Å²) >= 11 is 0. The maximum Gasteiger partial charge on any atom is 0.160 e. The summed E-state index contributed by atoms with van der Waals surface area (Å²) in [4.78, 5) is 3.94. The van der Waals surface area contributed by atoms with Gasteiger partial charge in [0.1, 0.15) is 0 Å². The van der Waals surface area contributed by atoms with Crippen LogP contribution >= 0.6 is 0 Å². The molecule has 0 atom stereocenters. The van der Waals surface area contributed by atoms with Crippen molar-refractivity contribution in [1.82, 2.24) is 5.51 Å². The SMILES string of the molecule is CC(C)(C)ON(F)F. The monoisotopic (exact) mass is 125 g/mol. The van der Waals surface area contributed by atoms with E-state index in [1.54, 1.807) is 20.8 Å². The van der Waals surface area contributed by atoms with Crippen molar-refractivity contribution in [3.8, 4) is 0 Å². The Morgan fingerprint density at radius 2 is 1.62 bits per heavy atom. The van der Waals surface area contributed by atoms with Gasteiger partial charge in [-0.05, 0) is 20.8 Å². The smallest absolute Gasteiger partial charge is 0.160 e. The summed E-state index contributed by atoms with van der Waals surface area (Å²) < 4.78 is 22.3. The number of hydrogen-bond donors (Lipinski definition) is 0. The fourth-order valence-electron chi connectivity index (χ4n) is 0.207. The number of hydrogen-bond acceptors (Lipinski definition) is 2. The van der Waals surface area contributed by atoms with E-state index < -0.39 is 11.1 Å². The van der Waals surface area contributed by atoms with Gasteiger partial charge in [0.05, 0.1) is 5.60 Å². The average Bonchev–Trinajstić information content (AvgIpc) is 1.21. The molecule has 2 nitrogen and oxygen atoms in total. The molecule has 0 bridgehead atoms. The van der Waals surface area contributed by atoms with Crippen molar-refractivity contribution in [3.05, 3.63) is 0 Å². The Hall–Kier alpha value is -0.220. The highest BCUT2D eigenvalue weighted by atomic mass is 19.4. The standard InChI is InChI=1S/C4H9F2NO/c1-4(2,3)8-7(5)6/h1-3H3. The van der Waals surface area contributed by atoms with E-state index in [2.05, 4.69) is 4.84 Å². The minimum Gasteiger partial charge on any atom is -0.237 e. The van der Waals surface area contributed by atoms with Crippen molar-refractivity contribution in [2.75, 3.05) is 0 Å². The molecule has 0 heterocycles. The molecule has 0 radical (unpaired) electrons. The van der Waals surface area contributed by atoms with Gasteiger partial charge in [-0.2, -0.15) is 0 Å². The average molecular weight is 125 g/mol. The van der Waals surface area contributed by atoms with Crippen molar-refractivity contribution in [2.24, 2.45) is 0 Å². The van der Waals surface area contributed by atoms with E-state index in [0.717, 1.165) is 0 Å². The summed E-state index contributed by atoms with van der Waals surface area (Å²) in [6.07, 6.45) is 0. The predicted molar refractivity (Wildman–Crippen MR) is 24.9 cm³/mol. The Labute approximate surface area is 46.9 Å². The van der Waals surface area contributed by atoms with Crippen molar-refractivity contribution in [1.29, 1.82) is 0 Å². The van der Waals surface area contributed by atoms with Gasteiger partial charge in [0.25, 0.3) is 0 Å². The van der Waals surface area contributed by atoms with Crippen molar-refractivity contribution in [2.45, 2.75) is 26.4 Å². The van der Waals surface area contributed by atoms with E-state index in [-0.39, 0.29) is 0 Å². The van der Waals surface area contributed by atoms with Crippen LogP contribution < -0.4 is 0 Å². The quantitative estimate of drug-likeness (QED) is 0.391. The molecule has 0 N–H and O–H groups in total. The first-order chi connectivity index (χ1) is 3.42. The molecule has 0 saturated carbocycles. The van der Waals surface area contributed by atoms with Gasteiger partial charge in [-0.25, -0.2) is 4.84 Å². The molecule has 0 aliphatic carbocycles. The molecule has 0 rings (SSSR count). The van der Waals surface area contributed by atoms with Gasteiger partial charge < -0.3 is 0 Å². The molecule has 0 aliphatic rings. The van der Waals surface area contributed by atoms with E-state index in [1.165, 1.54) is 0 Å². The third-order valence-electron chi connectivity index (χ3n) is 0.343. The molecule has 0 aliphatic heterocycles. The van der Waals surface area contributed by atoms with E-state index in [9.17, 15) is 8.96 Å². The second-order valence-electron chi connectivity index (χ2n) is 2.41. The summed E-state index contributed by atoms with van der Waals surface area (Å²) in [5.74, 6) is 0. The fraction of sp³-hybridized carbons (Fsp3) is 1.00. The van der Waals surface area contributed by atoms with E-state index in [4.69, 9.17) is 0 Å². The van der Waals surface area contributed by atoms with Crippen molar-refractivity contribution in [3.63, 3.8) is 0 Å². The van der Waals surface area contributed by atoms with Crippen LogP contribution in [0.3, 0.4) is 0 Å². The molecular formula is C4H9F2NO. The number of nitrogens with zero attached hydrogens (tertiary/aromatic N) is 1. The lowest BCUT2D eigenvalue weighted by Gasteiger charge is -2.16. The summed E-state index contributed by atoms with van der Waals surface area (Å²) in [6.45, 7) is 4.62. The normalized spacial score (nSPS) is 12.8. The Kier molecular flexibility index (Phi) is 2.30. The van der Waals surface area contributed by atoms with Gasteiger partial charge >= 0.3 is 0 Å². The van der Waals surface area contributed by atoms with Crippen LogP contribution in [-0.2, 0) is 4.84 Å². The lowest BCUT2D eigenvalue weighted by Crippen LogP contribution is -2.23. The molecule has 0 amide bonds. The molecular weight excluding hydrogens is 116 g/mol. The van der Waals surface area contributed by atoms with Crippen LogP contribution in [0.5, 0.6) is 0 Å². The maximum atomic E-state index is 11.1. The van der Waals surface area contributed by atoms with E-state index >= 15 is 0 Å². The van der Waals surface area contributed by atoms with Crippen LogP contribution in [0.4, 0.5) is 8.96 Å². The number of halogens is 2. The highest BCUT2D eigenvalue weighted by Gasteiger charge is 2.15. The Bertz CT molecular complexity index is 68.9. The zero-order valence-electron chi connectivity index (χ0n) is 5.11. The highest BCUT2D eigenvalue weighted by molar-refractivity contribution is 4.54. The molecule has 0 aromatic rings. The molecule has 50 valence electrons. The third kappa shape index (κ3) is 5.78. The van der Waals surface area contributed by atoms with Crippen LogP contribution in [0.1, 0.15) is 20.8 Å². The molecule has 0 spiro atoms. The molecule has 0 saturated heterocycles. The van der Waals surface area contributed by atoms with Crippen LogP contribution in [0.15, 0.2) is 0 Å². The van der Waals surface area contributed by atoms with Gasteiger partial charge in [-0.3, -0.25) is 0 Å². The Morgan fingerprint density at radius 3 is 1.62 bits per heavy atom. The van der Waals surface area contributed by atoms with Crippen molar-refractivity contribution < 1.29 is 13.8 Å². The van der Waals surface area contributed by atoms with Crippen molar-refractivity contribution >= 4 is 0 Å². The second-order valence-corrected chi connectivity index (χ2v) is 2.41. The second kappa shape index (κ2) is 2.37. The number of rotatable bonds is 1. The lowest BCUT2D eigenvalue weighted by molar-refractivity contribution is -0.424. The molecule has 4 heteroatoms. The Balaban J connectivity index is 3.39. The molecule has 0 aromatic carbocycles. The first kappa shape index (κ1) is 7.78. The molecule has 0 fully saturated rings. The molecule has 0 unspecified atom stereocenters. The zero-order chi connectivity index (χ0) is 6.78. The highest BCUT2D eigenvalue weighted by Crippen LogP contribution is 2.09. The predicted octanol–water partition coefficient (Wildman–Crippen LogP) is 1.79. The fourth-order valence-corrected chi connectivity index (χ4v) is 0.207. The lowest BCUT2D eigenvalue weighted by atomic mass is 10.2. The Morgan fingerprint density at radius 1 is 1.25 bits per heavy atom. The summed E-state index contributed by atoms with van der Waals surface area (Å²) in [5, 5.41) is 0. The van der Waals surface area contributed by atoms with Gasteiger partial charge in [-0.1, -0.05) is 8.96 Å².